The predicted molar refractivity (Wildman–Crippen MR) is 81.9 cm³/mol. The van der Waals surface area contributed by atoms with Gasteiger partial charge in [-0.3, -0.25) is 4.79 Å². The Hall–Kier alpha value is -1.06. The molecule has 3 N–H and O–H groups in total. The minimum Gasteiger partial charge on any atom is -0.389 e. The maximum absolute atomic E-state index is 12.0. The second-order valence-electron chi connectivity index (χ2n) is 5.67. The fourth-order valence-corrected chi connectivity index (χ4v) is 3.37. The van der Waals surface area contributed by atoms with Gasteiger partial charge in [0.15, 0.2) is 5.13 Å². The van der Waals surface area contributed by atoms with Gasteiger partial charge in [-0.15, -0.1) is 11.3 Å². The number of hydrogen-bond donors (Lipinski definition) is 3. The molecule has 2 fully saturated rings. The van der Waals surface area contributed by atoms with Crippen LogP contribution in [0.15, 0.2) is 11.6 Å². The van der Waals surface area contributed by atoms with Gasteiger partial charge in [0.2, 0.25) is 5.91 Å². The van der Waals surface area contributed by atoms with E-state index in [1.807, 2.05) is 5.38 Å². The Morgan fingerprint density at radius 2 is 2.41 bits per heavy atom. The summed E-state index contributed by atoms with van der Waals surface area (Å²) in [6, 6.07) is 0.174. The summed E-state index contributed by atoms with van der Waals surface area (Å²) in [5, 5.41) is 18.1. The van der Waals surface area contributed by atoms with Gasteiger partial charge in [0.25, 0.3) is 0 Å². The molecule has 0 aromatic carbocycles. The lowest BCUT2D eigenvalue weighted by atomic mass is 9.96. The molecule has 0 bridgehead atoms. The van der Waals surface area contributed by atoms with Crippen LogP contribution in [0.5, 0.6) is 0 Å². The molecule has 2 aliphatic rings. The summed E-state index contributed by atoms with van der Waals surface area (Å²) in [6.07, 6.45) is 3.07. The minimum atomic E-state index is -0.470. The summed E-state index contributed by atoms with van der Waals surface area (Å²) < 4.78 is 11.5. The van der Waals surface area contributed by atoms with E-state index in [1.165, 1.54) is 11.3 Å². The normalized spacial score (nSPS) is 32.6. The van der Waals surface area contributed by atoms with Crippen LogP contribution in [-0.2, 0) is 14.3 Å². The summed E-state index contributed by atoms with van der Waals surface area (Å²) >= 11 is 1.40. The molecule has 0 unspecified atom stereocenters. The largest absolute Gasteiger partial charge is 0.389 e. The SMILES string of the molecule is O=C(C[C@@H]1CC[C@@H]2NC[C@H](O)COC[C@H]2O1)Nc1nccs1. The lowest BCUT2D eigenvalue weighted by Gasteiger charge is -2.38. The molecule has 1 amide bonds. The van der Waals surface area contributed by atoms with Crippen LogP contribution in [-0.4, -0.2) is 60.1 Å². The second kappa shape index (κ2) is 7.47. The molecule has 2 saturated heterocycles. The lowest BCUT2D eigenvalue weighted by Crippen LogP contribution is -2.53. The minimum absolute atomic E-state index is 0.0705. The number of thiazole rings is 1. The van der Waals surface area contributed by atoms with Gasteiger partial charge >= 0.3 is 0 Å². The van der Waals surface area contributed by atoms with Crippen molar-refractivity contribution in [1.82, 2.24) is 10.3 Å². The van der Waals surface area contributed by atoms with Crippen LogP contribution < -0.4 is 10.6 Å². The Kier molecular flexibility index (Phi) is 5.37. The highest BCUT2D eigenvalue weighted by molar-refractivity contribution is 7.13. The van der Waals surface area contributed by atoms with Gasteiger partial charge in [0.05, 0.1) is 37.9 Å². The van der Waals surface area contributed by atoms with E-state index >= 15 is 0 Å². The van der Waals surface area contributed by atoms with Crippen molar-refractivity contribution in [3.8, 4) is 0 Å². The molecule has 3 rings (SSSR count). The number of hydrogen-bond acceptors (Lipinski definition) is 7. The third kappa shape index (κ3) is 4.23. The molecule has 0 saturated carbocycles. The van der Waals surface area contributed by atoms with E-state index in [0.717, 1.165) is 12.8 Å². The van der Waals surface area contributed by atoms with Gasteiger partial charge in [0, 0.05) is 24.2 Å². The molecular weight excluding hydrogens is 306 g/mol. The molecule has 1 aromatic heterocycles. The number of rotatable bonds is 3. The standard InChI is InChI=1S/C14H21N3O4S/c18-9-6-16-11-2-1-10(21-12(11)8-20-7-9)5-13(19)17-14-15-3-4-22-14/h3-4,9-12,16,18H,1-2,5-8H2,(H,15,17,19)/t9-,10-,11-,12+/m0/s1. The van der Waals surface area contributed by atoms with Crippen molar-refractivity contribution < 1.29 is 19.4 Å². The highest BCUT2D eigenvalue weighted by Crippen LogP contribution is 2.24. The van der Waals surface area contributed by atoms with Crippen LogP contribution in [0.4, 0.5) is 5.13 Å². The number of carbonyl (C=O) groups excluding carboxylic acids is 1. The van der Waals surface area contributed by atoms with E-state index in [1.54, 1.807) is 6.20 Å². The van der Waals surface area contributed by atoms with E-state index in [4.69, 9.17) is 9.47 Å². The first-order valence-electron chi connectivity index (χ1n) is 7.54. The number of aliphatic hydroxyl groups excluding tert-OH is 1. The quantitative estimate of drug-likeness (QED) is 0.743. The smallest absolute Gasteiger partial charge is 0.228 e. The summed E-state index contributed by atoms with van der Waals surface area (Å²) in [5.41, 5.74) is 0. The van der Waals surface area contributed by atoms with E-state index in [9.17, 15) is 9.90 Å². The van der Waals surface area contributed by atoms with Crippen LogP contribution in [0.3, 0.4) is 0 Å². The number of fused-ring (bicyclic) bond motifs is 1. The van der Waals surface area contributed by atoms with Crippen LogP contribution in [0, 0.1) is 0 Å². The molecule has 8 heteroatoms. The van der Waals surface area contributed by atoms with Gasteiger partial charge in [-0.2, -0.15) is 0 Å². The first kappa shape index (κ1) is 15.8. The monoisotopic (exact) mass is 327 g/mol. The lowest BCUT2D eigenvalue weighted by molar-refractivity contribution is -0.134. The first-order valence-corrected chi connectivity index (χ1v) is 8.42. The molecule has 22 heavy (non-hydrogen) atoms. The number of anilines is 1. The summed E-state index contributed by atoms with van der Waals surface area (Å²) in [5.74, 6) is -0.0754. The topological polar surface area (TPSA) is 92.7 Å². The van der Waals surface area contributed by atoms with Gasteiger partial charge in [0.1, 0.15) is 0 Å². The number of β-amino-alcohol motifs (C(OH)–C–C–N with tert-alkyl or cyclic N) is 1. The van der Waals surface area contributed by atoms with Crippen LogP contribution >= 0.6 is 11.3 Å². The Morgan fingerprint density at radius 1 is 1.50 bits per heavy atom. The molecule has 1 aromatic rings. The Labute approximate surface area is 133 Å². The van der Waals surface area contributed by atoms with E-state index < -0.39 is 6.10 Å². The zero-order chi connectivity index (χ0) is 15.4. The molecule has 122 valence electrons. The number of carbonyl (C=O) groups is 1. The molecule has 7 nitrogen and oxygen atoms in total. The maximum Gasteiger partial charge on any atom is 0.228 e. The maximum atomic E-state index is 12.0. The average molecular weight is 327 g/mol. The number of nitrogens with zero attached hydrogens (tertiary/aromatic N) is 1. The molecule has 2 aliphatic heterocycles. The number of aliphatic hydroxyl groups is 1. The number of nitrogens with one attached hydrogen (secondary N) is 2. The molecule has 0 spiro atoms. The Bertz CT molecular complexity index is 484. The summed E-state index contributed by atoms with van der Waals surface area (Å²) in [4.78, 5) is 16.0. The van der Waals surface area contributed by atoms with E-state index in [2.05, 4.69) is 15.6 Å². The van der Waals surface area contributed by atoms with Crippen LogP contribution in [0.25, 0.3) is 0 Å². The number of aromatic nitrogens is 1. The fourth-order valence-electron chi connectivity index (χ4n) is 2.83. The van der Waals surface area contributed by atoms with Crippen molar-refractivity contribution >= 4 is 22.4 Å². The summed E-state index contributed by atoms with van der Waals surface area (Å²) in [7, 11) is 0. The first-order chi connectivity index (χ1) is 10.7. The predicted octanol–water partition coefficient (Wildman–Crippen LogP) is 0.369. The van der Waals surface area contributed by atoms with Crippen LogP contribution in [0.1, 0.15) is 19.3 Å². The molecule has 0 aliphatic carbocycles. The zero-order valence-electron chi connectivity index (χ0n) is 12.2. The Morgan fingerprint density at radius 3 is 3.23 bits per heavy atom. The summed E-state index contributed by atoms with van der Waals surface area (Å²) in [6.45, 7) is 1.27. The van der Waals surface area contributed by atoms with Crippen LogP contribution in [0.2, 0.25) is 0 Å². The van der Waals surface area contributed by atoms with Crippen molar-refractivity contribution in [2.45, 2.75) is 43.6 Å². The molecule has 3 heterocycles. The van der Waals surface area contributed by atoms with E-state index in [-0.39, 0.29) is 24.2 Å². The van der Waals surface area contributed by atoms with Crippen molar-refractivity contribution in [1.29, 1.82) is 0 Å². The average Bonchev–Trinajstić information content (AvgIpc) is 2.97. The number of ether oxygens (including phenoxy) is 2. The molecular formula is C14H21N3O4S. The number of amides is 1. The fraction of sp³-hybridized carbons (Fsp3) is 0.714. The van der Waals surface area contributed by atoms with Gasteiger partial charge in [-0.05, 0) is 12.8 Å². The van der Waals surface area contributed by atoms with Gasteiger partial charge < -0.3 is 25.2 Å². The van der Waals surface area contributed by atoms with Crippen molar-refractivity contribution in [3.63, 3.8) is 0 Å². The van der Waals surface area contributed by atoms with Crippen molar-refractivity contribution in [3.05, 3.63) is 11.6 Å². The second-order valence-corrected chi connectivity index (χ2v) is 6.56. The van der Waals surface area contributed by atoms with E-state index in [0.29, 0.717) is 31.3 Å². The highest BCUT2D eigenvalue weighted by atomic mass is 32.1. The third-order valence-corrected chi connectivity index (χ3v) is 4.60. The zero-order valence-corrected chi connectivity index (χ0v) is 13.1. The van der Waals surface area contributed by atoms with Gasteiger partial charge in [-0.1, -0.05) is 0 Å². The van der Waals surface area contributed by atoms with Gasteiger partial charge in [-0.25, -0.2) is 4.98 Å². The third-order valence-electron chi connectivity index (χ3n) is 3.92. The molecule has 4 atom stereocenters. The molecule has 0 radical (unpaired) electrons. The van der Waals surface area contributed by atoms with Crippen molar-refractivity contribution in [2.24, 2.45) is 0 Å². The Balaban J connectivity index is 1.49. The van der Waals surface area contributed by atoms with Crippen molar-refractivity contribution in [2.75, 3.05) is 25.1 Å². The highest BCUT2D eigenvalue weighted by Gasteiger charge is 2.33.